The Morgan fingerprint density at radius 2 is 1.81 bits per heavy atom. The van der Waals surface area contributed by atoms with Crippen LogP contribution in [-0.4, -0.2) is 26.5 Å². The van der Waals surface area contributed by atoms with Gasteiger partial charge in [0.2, 0.25) is 0 Å². The van der Waals surface area contributed by atoms with Crippen molar-refractivity contribution in [1.29, 1.82) is 0 Å². The minimum absolute atomic E-state index is 0.321. The summed E-state index contributed by atoms with van der Waals surface area (Å²) in [4.78, 5) is 11.2. The molecule has 0 aliphatic rings. The van der Waals surface area contributed by atoms with Gasteiger partial charge in [0.1, 0.15) is 12.2 Å². The van der Waals surface area contributed by atoms with Gasteiger partial charge >= 0.3 is 5.97 Å². The van der Waals surface area contributed by atoms with E-state index in [2.05, 4.69) is 26.2 Å². The lowest BCUT2D eigenvalue weighted by Gasteiger charge is -2.28. The quantitative estimate of drug-likeness (QED) is 0.433. The fourth-order valence-corrected chi connectivity index (χ4v) is 2.86. The number of carbonyl (C=O) groups is 1. The van der Waals surface area contributed by atoms with E-state index in [0.29, 0.717) is 0 Å². The summed E-state index contributed by atoms with van der Waals surface area (Å²) in [5.41, 5.74) is 1.08. The second kappa shape index (κ2) is 7.95. The third-order valence-electron chi connectivity index (χ3n) is 2.63. The minimum Gasteiger partial charge on any atom is -0.455 e. The summed E-state index contributed by atoms with van der Waals surface area (Å²) in [5.74, 6) is -0.336. The van der Waals surface area contributed by atoms with Crippen LogP contribution in [0, 0.1) is 0 Å². The van der Waals surface area contributed by atoms with Crippen LogP contribution in [0.2, 0.25) is 19.6 Å². The summed E-state index contributed by atoms with van der Waals surface area (Å²) in [6, 6.07) is 9.95. The predicted octanol–water partition coefficient (Wildman–Crippen LogP) is 4.04. The molecular formula is C17H24O3Si. The molecule has 21 heavy (non-hydrogen) atoms. The highest BCUT2D eigenvalue weighted by Gasteiger charge is 2.26. The van der Waals surface area contributed by atoms with Gasteiger partial charge in [-0.05, 0) is 31.3 Å². The third-order valence-corrected chi connectivity index (χ3v) is 3.60. The predicted molar refractivity (Wildman–Crippen MR) is 89.4 cm³/mol. The highest BCUT2D eigenvalue weighted by atomic mass is 28.4. The summed E-state index contributed by atoms with van der Waals surface area (Å²) >= 11 is 0. The van der Waals surface area contributed by atoms with Gasteiger partial charge in [-0.1, -0.05) is 49.1 Å². The molecule has 0 heterocycles. The van der Waals surface area contributed by atoms with Gasteiger partial charge < -0.3 is 9.16 Å². The van der Waals surface area contributed by atoms with E-state index in [-0.39, 0.29) is 12.1 Å². The summed E-state index contributed by atoms with van der Waals surface area (Å²) < 4.78 is 11.4. The molecule has 0 fully saturated rings. The standard InChI is InChI=1S/C17H24O3Si/c1-6-16(19-14(2)18)17(20-21(3,4)5)13-12-15-10-8-7-9-11-15/h6-13,16-17H,1H2,2-5H3/b13-12+/t16-,17-/m1/s1. The minimum atomic E-state index is -1.78. The molecule has 0 aromatic heterocycles. The van der Waals surface area contributed by atoms with Gasteiger partial charge in [-0.15, -0.1) is 0 Å². The van der Waals surface area contributed by atoms with Crippen molar-refractivity contribution in [1.82, 2.24) is 0 Å². The zero-order valence-corrected chi connectivity index (χ0v) is 14.2. The molecule has 114 valence electrons. The smallest absolute Gasteiger partial charge is 0.303 e. The molecule has 0 spiro atoms. The number of rotatable bonds is 7. The van der Waals surface area contributed by atoms with Gasteiger partial charge in [0.05, 0.1) is 0 Å². The number of benzene rings is 1. The van der Waals surface area contributed by atoms with Gasteiger partial charge in [-0.3, -0.25) is 4.79 Å². The number of carbonyl (C=O) groups excluding carboxylic acids is 1. The molecule has 1 rings (SSSR count). The number of esters is 1. The van der Waals surface area contributed by atoms with Gasteiger partial charge in [0.25, 0.3) is 0 Å². The van der Waals surface area contributed by atoms with Crippen molar-refractivity contribution < 1.29 is 14.0 Å². The van der Waals surface area contributed by atoms with E-state index in [1.165, 1.54) is 6.92 Å². The van der Waals surface area contributed by atoms with Gasteiger partial charge in [0.15, 0.2) is 8.32 Å². The summed E-state index contributed by atoms with van der Waals surface area (Å²) in [7, 11) is -1.78. The van der Waals surface area contributed by atoms with Crippen LogP contribution in [0.15, 0.2) is 49.1 Å². The SMILES string of the molecule is C=C[C@@H](OC(C)=O)[C@@H](/C=C/c1ccccc1)O[Si](C)(C)C. The molecule has 4 heteroatoms. The van der Waals surface area contributed by atoms with Crippen molar-refractivity contribution in [3.05, 3.63) is 54.6 Å². The van der Waals surface area contributed by atoms with Crippen molar-refractivity contribution in [3.8, 4) is 0 Å². The van der Waals surface area contributed by atoms with Crippen LogP contribution < -0.4 is 0 Å². The Labute approximate surface area is 128 Å². The lowest BCUT2D eigenvalue weighted by atomic mass is 10.1. The summed E-state index contributed by atoms with van der Waals surface area (Å²) in [5, 5.41) is 0. The fraction of sp³-hybridized carbons (Fsp3) is 0.353. The molecule has 0 unspecified atom stereocenters. The van der Waals surface area contributed by atoms with Crippen molar-refractivity contribution in [2.24, 2.45) is 0 Å². The second-order valence-electron chi connectivity index (χ2n) is 5.77. The molecule has 0 radical (unpaired) electrons. The first kappa shape index (κ1) is 17.4. The highest BCUT2D eigenvalue weighted by Crippen LogP contribution is 2.16. The zero-order chi connectivity index (χ0) is 15.9. The number of hydrogen-bond donors (Lipinski definition) is 0. The van der Waals surface area contributed by atoms with E-state index in [9.17, 15) is 4.79 Å². The van der Waals surface area contributed by atoms with E-state index in [1.807, 2.05) is 42.5 Å². The molecule has 0 aliphatic heterocycles. The van der Waals surface area contributed by atoms with Crippen LogP contribution in [-0.2, 0) is 14.0 Å². The maximum Gasteiger partial charge on any atom is 0.303 e. The van der Waals surface area contributed by atoms with Crippen LogP contribution in [0.3, 0.4) is 0 Å². The Hall–Kier alpha value is -1.65. The number of ether oxygens (including phenoxy) is 1. The van der Waals surface area contributed by atoms with Crippen molar-refractivity contribution >= 4 is 20.4 Å². The largest absolute Gasteiger partial charge is 0.455 e. The molecule has 3 nitrogen and oxygen atoms in total. The average Bonchev–Trinajstić information content (AvgIpc) is 2.40. The lowest BCUT2D eigenvalue weighted by Crippen LogP contribution is -2.38. The highest BCUT2D eigenvalue weighted by molar-refractivity contribution is 6.69. The first-order valence-corrected chi connectivity index (χ1v) is 10.4. The van der Waals surface area contributed by atoms with E-state index >= 15 is 0 Å². The van der Waals surface area contributed by atoms with Crippen LogP contribution in [0.4, 0.5) is 0 Å². The molecule has 2 atom stereocenters. The molecular weight excluding hydrogens is 280 g/mol. The first-order valence-electron chi connectivity index (χ1n) is 7.02. The van der Waals surface area contributed by atoms with Crippen LogP contribution in [0.25, 0.3) is 6.08 Å². The molecule has 0 N–H and O–H groups in total. The zero-order valence-electron chi connectivity index (χ0n) is 13.2. The summed E-state index contributed by atoms with van der Waals surface area (Å²) in [6.07, 6.45) is 4.72. The lowest BCUT2D eigenvalue weighted by molar-refractivity contribution is -0.147. The maximum absolute atomic E-state index is 11.2. The Kier molecular flexibility index (Phi) is 6.59. The van der Waals surface area contributed by atoms with Crippen LogP contribution >= 0.6 is 0 Å². The van der Waals surface area contributed by atoms with Crippen molar-refractivity contribution in [2.75, 3.05) is 0 Å². The van der Waals surface area contributed by atoms with E-state index in [0.717, 1.165) is 5.56 Å². The van der Waals surface area contributed by atoms with Crippen molar-refractivity contribution in [3.63, 3.8) is 0 Å². The Morgan fingerprint density at radius 3 is 2.29 bits per heavy atom. The van der Waals surface area contributed by atoms with Crippen LogP contribution in [0.5, 0.6) is 0 Å². The molecule has 1 aromatic carbocycles. The summed E-state index contributed by atoms with van der Waals surface area (Å²) in [6.45, 7) is 11.4. The van der Waals surface area contributed by atoms with E-state index in [1.54, 1.807) is 6.08 Å². The molecule has 0 amide bonds. The van der Waals surface area contributed by atoms with E-state index < -0.39 is 14.4 Å². The van der Waals surface area contributed by atoms with Gasteiger partial charge in [-0.2, -0.15) is 0 Å². The molecule has 0 aliphatic carbocycles. The monoisotopic (exact) mass is 304 g/mol. The first-order chi connectivity index (χ1) is 9.81. The number of hydrogen-bond acceptors (Lipinski definition) is 3. The van der Waals surface area contributed by atoms with Crippen molar-refractivity contribution in [2.45, 2.75) is 38.8 Å². The fourth-order valence-electron chi connectivity index (χ4n) is 1.84. The topological polar surface area (TPSA) is 35.5 Å². The van der Waals surface area contributed by atoms with Crippen LogP contribution in [0.1, 0.15) is 12.5 Å². The van der Waals surface area contributed by atoms with Gasteiger partial charge in [0, 0.05) is 6.92 Å². The molecule has 1 aromatic rings. The van der Waals surface area contributed by atoms with Gasteiger partial charge in [-0.25, -0.2) is 0 Å². The Balaban J connectivity index is 2.93. The van der Waals surface area contributed by atoms with E-state index in [4.69, 9.17) is 9.16 Å². The second-order valence-corrected chi connectivity index (χ2v) is 10.2. The molecule has 0 saturated carbocycles. The molecule has 0 bridgehead atoms. The third kappa shape index (κ3) is 7.06. The normalized spacial score (nSPS) is 14.7. The average molecular weight is 304 g/mol. The molecule has 0 saturated heterocycles. The maximum atomic E-state index is 11.2. The Morgan fingerprint density at radius 1 is 1.19 bits per heavy atom. The Bertz CT molecular complexity index is 489.